The predicted molar refractivity (Wildman–Crippen MR) is 117 cm³/mol. The topological polar surface area (TPSA) is 54.8 Å². The minimum atomic E-state index is -0.101. The first-order valence-corrected chi connectivity index (χ1v) is 10.2. The maximum atomic E-state index is 12.9. The van der Waals surface area contributed by atoms with Gasteiger partial charge in [0, 0.05) is 12.1 Å². The molecule has 5 nitrogen and oxygen atoms in total. The maximum Gasteiger partial charge on any atom is 0.267 e. The van der Waals surface area contributed by atoms with Crippen molar-refractivity contribution in [3.05, 3.63) is 71.7 Å². The molecule has 3 aromatic rings. The Balaban J connectivity index is 1.72. The number of hydrogen-bond acceptors (Lipinski definition) is 6. The Labute approximate surface area is 171 Å². The first kappa shape index (κ1) is 18.5. The van der Waals surface area contributed by atoms with Crippen LogP contribution in [0.5, 0.6) is 5.75 Å². The zero-order valence-electron chi connectivity index (χ0n) is 15.2. The number of amidine groups is 1. The third kappa shape index (κ3) is 3.58. The minimum absolute atomic E-state index is 0.101. The van der Waals surface area contributed by atoms with Gasteiger partial charge in [-0.2, -0.15) is 4.99 Å². The van der Waals surface area contributed by atoms with Gasteiger partial charge in [0.2, 0.25) is 5.13 Å². The Morgan fingerprint density at radius 1 is 1.21 bits per heavy atom. The summed E-state index contributed by atoms with van der Waals surface area (Å²) < 4.78 is 6.45. The SMILES string of the molecule is C=CCN1C(=O)/C(=C/c2ccccc2OC)S/C1=N\c1nc2ccccc2s1. The number of rotatable bonds is 5. The fraction of sp³-hybridized carbons (Fsp3) is 0.0952. The zero-order chi connectivity index (χ0) is 19.5. The maximum absolute atomic E-state index is 12.9. The molecule has 0 bridgehead atoms. The van der Waals surface area contributed by atoms with Crippen LogP contribution in [0.3, 0.4) is 0 Å². The van der Waals surface area contributed by atoms with Gasteiger partial charge in [-0.3, -0.25) is 9.69 Å². The molecule has 0 N–H and O–H groups in total. The molecule has 2 heterocycles. The summed E-state index contributed by atoms with van der Waals surface area (Å²) in [5.74, 6) is 0.617. The number of aromatic nitrogens is 1. The number of methoxy groups -OCH3 is 1. The lowest BCUT2D eigenvalue weighted by Crippen LogP contribution is -2.29. The second-order valence-corrected chi connectivity index (χ2v) is 7.93. The molecule has 1 fully saturated rings. The van der Waals surface area contributed by atoms with Gasteiger partial charge in [0.15, 0.2) is 5.17 Å². The van der Waals surface area contributed by atoms with Crippen LogP contribution in [-0.2, 0) is 4.79 Å². The van der Waals surface area contributed by atoms with Crippen LogP contribution in [0, 0.1) is 0 Å². The molecule has 140 valence electrons. The summed E-state index contributed by atoms with van der Waals surface area (Å²) >= 11 is 2.84. The number of amides is 1. The van der Waals surface area contributed by atoms with Crippen LogP contribution in [0.4, 0.5) is 5.13 Å². The molecule has 1 amide bonds. The number of carbonyl (C=O) groups excluding carboxylic acids is 1. The van der Waals surface area contributed by atoms with Crippen molar-refractivity contribution in [2.24, 2.45) is 4.99 Å². The largest absolute Gasteiger partial charge is 0.496 e. The van der Waals surface area contributed by atoms with E-state index in [1.165, 1.54) is 23.1 Å². The van der Waals surface area contributed by atoms with E-state index in [0.29, 0.717) is 21.7 Å². The average Bonchev–Trinajstić information content (AvgIpc) is 3.24. The Morgan fingerprint density at radius 3 is 2.79 bits per heavy atom. The second kappa shape index (κ2) is 8.00. The number of thioether (sulfide) groups is 1. The van der Waals surface area contributed by atoms with E-state index in [4.69, 9.17) is 4.74 Å². The van der Waals surface area contributed by atoms with Crippen LogP contribution < -0.4 is 4.74 Å². The molecule has 1 aliphatic heterocycles. The van der Waals surface area contributed by atoms with E-state index in [9.17, 15) is 4.79 Å². The summed E-state index contributed by atoms with van der Waals surface area (Å²) in [4.78, 5) is 24.3. The van der Waals surface area contributed by atoms with E-state index in [0.717, 1.165) is 21.5 Å². The second-order valence-electron chi connectivity index (χ2n) is 5.92. The van der Waals surface area contributed by atoms with E-state index in [2.05, 4.69) is 16.6 Å². The molecule has 0 radical (unpaired) electrons. The number of hydrogen-bond donors (Lipinski definition) is 0. The van der Waals surface area contributed by atoms with Crippen molar-refractivity contribution in [3.8, 4) is 5.75 Å². The van der Waals surface area contributed by atoms with Crippen LogP contribution in [0.1, 0.15) is 5.56 Å². The number of fused-ring (bicyclic) bond motifs is 1. The van der Waals surface area contributed by atoms with Crippen molar-refractivity contribution in [3.63, 3.8) is 0 Å². The van der Waals surface area contributed by atoms with Crippen molar-refractivity contribution >= 4 is 55.6 Å². The smallest absolute Gasteiger partial charge is 0.267 e. The first-order valence-electron chi connectivity index (χ1n) is 8.59. The normalized spacial score (nSPS) is 17.0. The van der Waals surface area contributed by atoms with Crippen LogP contribution in [-0.4, -0.2) is 34.6 Å². The number of ether oxygens (including phenoxy) is 1. The van der Waals surface area contributed by atoms with Crippen LogP contribution in [0.15, 0.2) is 71.1 Å². The molecule has 0 spiro atoms. The van der Waals surface area contributed by atoms with Gasteiger partial charge in [-0.25, -0.2) is 4.98 Å². The Kier molecular flexibility index (Phi) is 5.27. The van der Waals surface area contributed by atoms with Crippen molar-refractivity contribution < 1.29 is 9.53 Å². The van der Waals surface area contributed by atoms with Gasteiger partial charge in [-0.05, 0) is 36.0 Å². The van der Waals surface area contributed by atoms with Gasteiger partial charge in [0.1, 0.15) is 5.75 Å². The fourth-order valence-electron chi connectivity index (χ4n) is 2.80. The molecular weight excluding hydrogens is 390 g/mol. The molecule has 0 unspecified atom stereocenters. The number of aliphatic imine (C=N–C) groups is 1. The molecule has 2 aromatic carbocycles. The highest BCUT2D eigenvalue weighted by Crippen LogP contribution is 2.37. The van der Waals surface area contributed by atoms with Crippen molar-refractivity contribution in [1.29, 1.82) is 0 Å². The molecule has 0 saturated carbocycles. The predicted octanol–water partition coefficient (Wildman–Crippen LogP) is 5.09. The summed E-state index contributed by atoms with van der Waals surface area (Å²) in [6.07, 6.45) is 3.53. The van der Waals surface area contributed by atoms with E-state index < -0.39 is 0 Å². The third-order valence-corrected chi connectivity index (χ3v) is 6.04. The summed E-state index contributed by atoms with van der Waals surface area (Å²) in [6, 6.07) is 15.5. The van der Waals surface area contributed by atoms with E-state index >= 15 is 0 Å². The number of nitrogens with zero attached hydrogens (tertiary/aromatic N) is 3. The van der Waals surface area contributed by atoms with Crippen LogP contribution in [0.25, 0.3) is 16.3 Å². The van der Waals surface area contributed by atoms with Crippen LogP contribution in [0.2, 0.25) is 0 Å². The Bertz CT molecular complexity index is 1080. The van der Waals surface area contributed by atoms with Crippen molar-refractivity contribution in [2.45, 2.75) is 0 Å². The van der Waals surface area contributed by atoms with Crippen molar-refractivity contribution in [2.75, 3.05) is 13.7 Å². The zero-order valence-corrected chi connectivity index (χ0v) is 16.8. The molecule has 7 heteroatoms. The summed E-state index contributed by atoms with van der Waals surface area (Å²) in [6.45, 7) is 4.15. The van der Waals surface area contributed by atoms with Crippen molar-refractivity contribution in [1.82, 2.24) is 9.88 Å². The Hall–Kier alpha value is -2.90. The fourth-order valence-corrected chi connectivity index (χ4v) is 4.67. The Morgan fingerprint density at radius 2 is 2.00 bits per heavy atom. The van der Waals surface area contributed by atoms with Gasteiger partial charge in [0.25, 0.3) is 5.91 Å². The minimum Gasteiger partial charge on any atom is -0.496 e. The molecule has 1 aromatic heterocycles. The summed E-state index contributed by atoms with van der Waals surface area (Å²) in [5, 5.41) is 1.23. The molecule has 0 atom stereocenters. The van der Waals surface area contributed by atoms with E-state index in [1.54, 1.807) is 18.1 Å². The number of carbonyl (C=O) groups is 1. The quantitative estimate of drug-likeness (QED) is 0.436. The molecule has 1 saturated heterocycles. The monoisotopic (exact) mass is 407 g/mol. The summed E-state index contributed by atoms with van der Waals surface area (Å²) in [7, 11) is 1.62. The standard InChI is InChI=1S/C21H17N3O2S2/c1-3-12-24-19(25)18(13-14-8-4-6-10-16(14)26-2)28-21(24)23-20-22-15-9-5-7-11-17(15)27-20/h3-11,13H,1,12H2,2H3/b18-13-,23-21-. The molecule has 28 heavy (non-hydrogen) atoms. The first-order chi connectivity index (χ1) is 13.7. The lowest BCUT2D eigenvalue weighted by atomic mass is 10.2. The van der Waals surface area contributed by atoms with Gasteiger partial charge in [-0.15, -0.1) is 6.58 Å². The van der Waals surface area contributed by atoms with Gasteiger partial charge in [0.05, 0.1) is 22.2 Å². The molecule has 4 rings (SSSR count). The van der Waals surface area contributed by atoms with Gasteiger partial charge in [-0.1, -0.05) is 47.7 Å². The number of para-hydroxylation sites is 2. The highest BCUT2D eigenvalue weighted by Gasteiger charge is 2.33. The molecule has 0 aliphatic carbocycles. The van der Waals surface area contributed by atoms with E-state index in [1.807, 2.05) is 54.6 Å². The highest BCUT2D eigenvalue weighted by molar-refractivity contribution is 8.18. The highest BCUT2D eigenvalue weighted by atomic mass is 32.2. The van der Waals surface area contributed by atoms with Crippen LogP contribution >= 0.6 is 23.1 Å². The summed E-state index contributed by atoms with van der Waals surface area (Å²) in [5.41, 5.74) is 1.75. The average molecular weight is 408 g/mol. The number of benzene rings is 2. The van der Waals surface area contributed by atoms with Gasteiger partial charge < -0.3 is 4.74 Å². The third-order valence-electron chi connectivity index (χ3n) is 4.10. The molecule has 1 aliphatic rings. The van der Waals surface area contributed by atoms with E-state index in [-0.39, 0.29) is 5.91 Å². The number of thiazole rings is 1. The lowest BCUT2D eigenvalue weighted by molar-refractivity contribution is -0.121. The molecular formula is C21H17N3O2S2. The van der Waals surface area contributed by atoms with Gasteiger partial charge >= 0.3 is 0 Å². The lowest BCUT2D eigenvalue weighted by Gasteiger charge is -2.11.